The molecule has 0 aliphatic rings. The van der Waals surface area contributed by atoms with Crippen molar-refractivity contribution in [3.8, 4) is 11.6 Å². The number of rotatable bonds is 5. The highest BCUT2D eigenvalue weighted by atomic mass is 32.2. The first kappa shape index (κ1) is 15.4. The van der Waals surface area contributed by atoms with Crippen molar-refractivity contribution in [1.82, 2.24) is 4.98 Å². The molecule has 0 atom stereocenters. The van der Waals surface area contributed by atoms with Gasteiger partial charge in [0.1, 0.15) is 0 Å². The first-order valence-corrected chi connectivity index (χ1v) is 5.86. The molecule has 19 heavy (non-hydrogen) atoms. The minimum absolute atomic E-state index is 0.320. The van der Waals surface area contributed by atoms with Gasteiger partial charge in [0.2, 0.25) is 5.88 Å². The van der Waals surface area contributed by atoms with Gasteiger partial charge in [-0.2, -0.15) is 21.6 Å². The van der Waals surface area contributed by atoms with Crippen LogP contribution in [-0.2, 0) is 14.9 Å². The number of nitrogens with zero attached hydrogens (tertiary/aromatic N) is 1. The molecule has 0 aliphatic heterocycles. The minimum Gasteiger partial charge on any atom is -0.463 e. The second-order valence-electron chi connectivity index (χ2n) is 2.99. The van der Waals surface area contributed by atoms with Gasteiger partial charge in [-0.3, -0.25) is 0 Å². The van der Waals surface area contributed by atoms with Crippen LogP contribution in [0.1, 0.15) is 0 Å². The van der Waals surface area contributed by atoms with E-state index in [2.05, 4.69) is 18.6 Å². The van der Waals surface area contributed by atoms with Crippen molar-refractivity contribution in [3.05, 3.63) is 18.1 Å². The van der Waals surface area contributed by atoms with Crippen LogP contribution < -0.4 is 8.92 Å². The van der Waals surface area contributed by atoms with Crippen molar-refractivity contribution in [2.24, 2.45) is 0 Å². The molecule has 0 radical (unpaired) electrons. The lowest BCUT2D eigenvalue weighted by Gasteiger charge is -2.09. The Morgan fingerprint density at radius 1 is 1.37 bits per heavy atom. The van der Waals surface area contributed by atoms with E-state index >= 15 is 0 Å². The van der Waals surface area contributed by atoms with E-state index in [1.807, 2.05) is 0 Å². The Balaban J connectivity index is 2.91. The number of hydrogen-bond donors (Lipinski definition) is 0. The van der Waals surface area contributed by atoms with Gasteiger partial charge >= 0.3 is 15.6 Å². The normalized spacial score (nSPS) is 12.3. The fraction of sp³-hybridized carbons (Fsp3) is 0.375. The van der Waals surface area contributed by atoms with Gasteiger partial charge in [0.05, 0.1) is 6.20 Å². The molecule has 1 heterocycles. The number of halogens is 4. The zero-order valence-corrected chi connectivity index (χ0v) is 10.1. The quantitative estimate of drug-likeness (QED) is 0.354. The molecular weight excluding hydrogens is 298 g/mol. The maximum absolute atomic E-state index is 13.3. The van der Waals surface area contributed by atoms with E-state index in [4.69, 9.17) is 0 Å². The number of aromatic nitrogens is 1. The van der Waals surface area contributed by atoms with E-state index in [9.17, 15) is 26.0 Å². The lowest BCUT2D eigenvalue weighted by Crippen LogP contribution is -2.28. The molecule has 108 valence electrons. The molecule has 0 aliphatic carbocycles. The van der Waals surface area contributed by atoms with Crippen LogP contribution in [-0.4, -0.2) is 32.8 Å². The van der Waals surface area contributed by atoms with Crippen molar-refractivity contribution in [2.75, 3.05) is 13.9 Å². The molecule has 0 aromatic carbocycles. The molecule has 0 saturated carbocycles. The summed E-state index contributed by atoms with van der Waals surface area (Å²) in [6, 6.07) is 0.342. The molecule has 0 spiro atoms. The molecule has 11 heteroatoms. The van der Waals surface area contributed by atoms with Gasteiger partial charge in [-0.05, 0) is 0 Å². The summed E-state index contributed by atoms with van der Waals surface area (Å²) in [4.78, 5) is 3.17. The number of methoxy groups -OCH3 is 1. The monoisotopic (exact) mass is 305 g/mol. The average molecular weight is 305 g/mol. The van der Waals surface area contributed by atoms with Crippen LogP contribution in [0.4, 0.5) is 17.6 Å². The summed E-state index contributed by atoms with van der Waals surface area (Å²) < 4.78 is 83.2. The van der Waals surface area contributed by atoms with Crippen LogP contribution in [0.3, 0.4) is 0 Å². The summed E-state index contributed by atoms with van der Waals surface area (Å²) in [7, 11) is -4.63. The molecular formula is C8H7F4NO5S. The van der Waals surface area contributed by atoms with Crippen LogP contribution >= 0.6 is 0 Å². The van der Waals surface area contributed by atoms with Crippen molar-refractivity contribution < 1.29 is 39.6 Å². The van der Waals surface area contributed by atoms with Crippen molar-refractivity contribution in [2.45, 2.75) is 5.51 Å². The second kappa shape index (κ2) is 5.57. The Kier molecular flexibility index (Phi) is 4.52. The largest absolute Gasteiger partial charge is 0.534 e. The predicted molar refractivity (Wildman–Crippen MR) is 52.3 cm³/mol. The Labute approximate surface area is 105 Å². The summed E-state index contributed by atoms with van der Waals surface area (Å²) in [6.45, 7) is -0.320. The van der Waals surface area contributed by atoms with Crippen LogP contribution in [0.5, 0.6) is 11.6 Å². The SMILES string of the molecule is COCOc1cnc(OS(=O)(=O)C(F)(F)F)cc1F. The Morgan fingerprint density at radius 3 is 2.47 bits per heavy atom. The summed E-state index contributed by atoms with van der Waals surface area (Å²) in [6.07, 6.45) is 0.662. The highest BCUT2D eigenvalue weighted by Gasteiger charge is 2.48. The van der Waals surface area contributed by atoms with Gasteiger partial charge in [-0.15, -0.1) is 0 Å². The lowest BCUT2D eigenvalue weighted by molar-refractivity contribution is -0.0501. The smallest absolute Gasteiger partial charge is 0.463 e. The molecule has 1 aromatic rings. The van der Waals surface area contributed by atoms with Gasteiger partial charge in [0.15, 0.2) is 18.4 Å². The van der Waals surface area contributed by atoms with Gasteiger partial charge in [0.25, 0.3) is 0 Å². The molecule has 6 nitrogen and oxygen atoms in total. The lowest BCUT2D eigenvalue weighted by atomic mass is 10.4. The molecule has 1 aromatic heterocycles. The first-order chi connectivity index (χ1) is 8.67. The van der Waals surface area contributed by atoms with Crippen molar-refractivity contribution >= 4 is 10.1 Å². The van der Waals surface area contributed by atoms with Crippen LogP contribution in [0.25, 0.3) is 0 Å². The summed E-state index contributed by atoms with van der Waals surface area (Å²) in [5.41, 5.74) is -5.63. The molecule has 0 amide bonds. The van der Waals surface area contributed by atoms with Crippen LogP contribution in [0, 0.1) is 5.82 Å². The van der Waals surface area contributed by atoms with Crippen LogP contribution in [0.15, 0.2) is 12.3 Å². The Hall–Kier alpha value is -1.62. The summed E-state index contributed by atoms with van der Waals surface area (Å²) in [5, 5.41) is 0. The van der Waals surface area contributed by atoms with Crippen molar-refractivity contribution in [3.63, 3.8) is 0 Å². The fourth-order valence-electron chi connectivity index (χ4n) is 0.835. The number of pyridine rings is 1. The molecule has 0 fully saturated rings. The van der Waals surface area contributed by atoms with Gasteiger partial charge in [-0.1, -0.05) is 0 Å². The highest BCUT2D eigenvalue weighted by Crippen LogP contribution is 2.27. The Morgan fingerprint density at radius 2 is 2.00 bits per heavy atom. The third kappa shape index (κ3) is 3.92. The molecule has 0 saturated heterocycles. The maximum Gasteiger partial charge on any atom is 0.534 e. The maximum atomic E-state index is 13.3. The summed E-state index contributed by atoms with van der Waals surface area (Å²) >= 11 is 0. The standard InChI is InChI=1S/C8H7F4NO5S/c1-16-4-17-6-3-13-7(2-5(6)9)18-19(14,15)8(10,11)12/h2-3H,4H2,1H3. The van der Waals surface area contributed by atoms with E-state index in [0.717, 1.165) is 0 Å². The minimum atomic E-state index is -5.89. The summed E-state index contributed by atoms with van der Waals surface area (Å²) in [5.74, 6) is -2.65. The van der Waals surface area contributed by atoms with Gasteiger partial charge in [-0.25, -0.2) is 9.37 Å². The second-order valence-corrected chi connectivity index (χ2v) is 4.52. The van der Waals surface area contributed by atoms with Gasteiger partial charge in [0, 0.05) is 13.2 Å². The third-order valence-corrected chi connectivity index (χ3v) is 2.56. The average Bonchev–Trinajstić information content (AvgIpc) is 2.26. The zero-order valence-electron chi connectivity index (χ0n) is 9.27. The molecule has 0 N–H and O–H groups in total. The fourth-order valence-corrected chi connectivity index (χ4v) is 1.25. The van der Waals surface area contributed by atoms with Crippen LogP contribution in [0.2, 0.25) is 0 Å². The third-order valence-electron chi connectivity index (χ3n) is 1.61. The van der Waals surface area contributed by atoms with E-state index in [1.54, 1.807) is 0 Å². The highest BCUT2D eigenvalue weighted by molar-refractivity contribution is 7.87. The predicted octanol–water partition coefficient (Wildman–Crippen LogP) is 1.43. The van der Waals surface area contributed by atoms with E-state index in [1.165, 1.54) is 7.11 Å². The number of ether oxygens (including phenoxy) is 2. The first-order valence-electron chi connectivity index (χ1n) is 4.45. The molecule has 1 rings (SSSR count). The topological polar surface area (TPSA) is 74.7 Å². The molecule has 0 unspecified atom stereocenters. The van der Waals surface area contributed by atoms with Crippen molar-refractivity contribution in [1.29, 1.82) is 0 Å². The number of alkyl halides is 3. The van der Waals surface area contributed by atoms with E-state index < -0.39 is 33.1 Å². The zero-order chi connectivity index (χ0) is 14.7. The van der Waals surface area contributed by atoms with Gasteiger partial charge < -0.3 is 13.7 Å². The Bertz CT molecular complexity index is 545. The van der Waals surface area contributed by atoms with E-state index in [-0.39, 0.29) is 6.79 Å². The molecule has 0 bridgehead atoms. The number of hydrogen-bond acceptors (Lipinski definition) is 6. The van der Waals surface area contributed by atoms with E-state index in [0.29, 0.717) is 12.3 Å².